The fourth-order valence-electron chi connectivity index (χ4n) is 7.20. The predicted molar refractivity (Wildman–Crippen MR) is 178 cm³/mol. The summed E-state index contributed by atoms with van der Waals surface area (Å²) < 4.78 is 4.48. The Hall–Kier alpha value is -3.08. The van der Waals surface area contributed by atoms with Crippen molar-refractivity contribution >= 4 is 51.1 Å². The summed E-state index contributed by atoms with van der Waals surface area (Å²) in [6.07, 6.45) is 4.40. The number of benzene rings is 2. The highest BCUT2D eigenvalue weighted by Crippen LogP contribution is 2.68. The summed E-state index contributed by atoms with van der Waals surface area (Å²) >= 11 is 5.46. The molecule has 0 aromatic heterocycles. The molecule has 0 saturated carbocycles. The highest BCUT2D eigenvalue weighted by Gasteiger charge is 2.76. The zero-order valence-electron chi connectivity index (χ0n) is 25.2. The molecule has 7 atom stereocenters. The van der Waals surface area contributed by atoms with Gasteiger partial charge in [-0.15, -0.1) is 24.9 Å². The Morgan fingerprint density at radius 1 is 1.14 bits per heavy atom. The maximum atomic E-state index is 14.8. The van der Waals surface area contributed by atoms with Crippen LogP contribution in [-0.4, -0.2) is 86.3 Å². The molecule has 3 saturated heterocycles. The van der Waals surface area contributed by atoms with Gasteiger partial charge in [-0.05, 0) is 42.7 Å². The number of likely N-dealkylation sites (tertiary alicyclic amines) is 1. The van der Waals surface area contributed by atoms with Gasteiger partial charge >= 0.3 is 0 Å². The van der Waals surface area contributed by atoms with Gasteiger partial charge in [0.05, 0.1) is 36.3 Å². The van der Waals surface area contributed by atoms with E-state index in [4.69, 9.17) is 4.74 Å². The zero-order chi connectivity index (χ0) is 31.6. The minimum absolute atomic E-state index is 0.0638. The number of amides is 3. The standard InChI is InChI=1S/C34H40BrN3O5S/c1-5-17-36(20-22-11-9-8-10-12-22)31(40)27-28-32(41)38(23(7-3)21-39)30(34(28)19-26(35)29(27)44-34)33(42)37(18-6-2)24-13-15-25(43-4)16-14-24/h5-6,8-16,23,26-30,39H,1-2,7,17-21H2,3-4H3/t23-,26?,27+,28-,29+,30?,34?/m0/s1. The molecule has 3 aliphatic heterocycles. The highest BCUT2D eigenvalue weighted by molar-refractivity contribution is 9.09. The van der Waals surface area contributed by atoms with Gasteiger partial charge in [-0.1, -0.05) is 65.3 Å². The molecule has 8 nitrogen and oxygen atoms in total. The molecule has 3 heterocycles. The minimum Gasteiger partial charge on any atom is -0.497 e. The van der Waals surface area contributed by atoms with E-state index in [0.717, 1.165) is 5.56 Å². The van der Waals surface area contributed by atoms with Crippen LogP contribution >= 0.6 is 27.7 Å². The fourth-order valence-corrected chi connectivity index (χ4v) is 10.8. The molecule has 2 bridgehead atoms. The lowest BCUT2D eigenvalue weighted by molar-refractivity contribution is -0.145. The van der Waals surface area contributed by atoms with Crippen LogP contribution in [0.25, 0.3) is 0 Å². The largest absolute Gasteiger partial charge is 0.497 e. The molecule has 1 spiro atoms. The van der Waals surface area contributed by atoms with Crippen molar-refractivity contribution in [3.05, 3.63) is 85.5 Å². The fraction of sp³-hybridized carbons (Fsp3) is 0.441. The van der Waals surface area contributed by atoms with Crippen LogP contribution in [0.5, 0.6) is 5.75 Å². The maximum absolute atomic E-state index is 14.8. The van der Waals surface area contributed by atoms with Crippen LogP contribution in [0.1, 0.15) is 25.3 Å². The molecule has 0 aliphatic carbocycles. The first kappa shape index (κ1) is 32.3. The van der Waals surface area contributed by atoms with Crippen molar-refractivity contribution in [1.29, 1.82) is 0 Å². The number of anilines is 1. The van der Waals surface area contributed by atoms with Crippen LogP contribution < -0.4 is 9.64 Å². The van der Waals surface area contributed by atoms with E-state index in [2.05, 4.69) is 29.1 Å². The quantitative estimate of drug-likeness (QED) is 0.244. The van der Waals surface area contributed by atoms with Gasteiger partial charge in [-0.3, -0.25) is 14.4 Å². The molecule has 3 amide bonds. The van der Waals surface area contributed by atoms with Crippen LogP contribution in [0.15, 0.2) is 79.9 Å². The third kappa shape index (κ3) is 5.49. The predicted octanol–water partition coefficient (Wildman–Crippen LogP) is 4.66. The van der Waals surface area contributed by atoms with Crippen LogP contribution in [0.4, 0.5) is 5.69 Å². The number of nitrogens with zero attached hydrogens (tertiary/aromatic N) is 3. The molecule has 0 radical (unpaired) electrons. The first-order valence-electron chi connectivity index (χ1n) is 15.0. The van der Waals surface area contributed by atoms with Gasteiger partial charge in [0, 0.05) is 35.4 Å². The summed E-state index contributed by atoms with van der Waals surface area (Å²) in [7, 11) is 1.58. The first-order valence-corrected chi connectivity index (χ1v) is 16.8. The molecule has 3 aliphatic rings. The summed E-state index contributed by atoms with van der Waals surface area (Å²) in [5.41, 5.74) is 1.64. The maximum Gasteiger partial charge on any atom is 0.251 e. The second kappa shape index (κ2) is 13.5. The number of hydrogen-bond donors (Lipinski definition) is 1. The van der Waals surface area contributed by atoms with Gasteiger partial charge < -0.3 is 24.5 Å². The SMILES string of the molecule is C=CCN(Cc1ccccc1)C(=O)[C@H]1[C@@H]2SC3(CC2Br)C(C(=O)N(CC=C)c2ccc(OC)cc2)N([C@@H](CC)CO)C(=O)[C@H]13. The van der Waals surface area contributed by atoms with Crippen molar-refractivity contribution in [2.75, 3.05) is 31.7 Å². The Morgan fingerprint density at radius 3 is 2.41 bits per heavy atom. The van der Waals surface area contributed by atoms with Crippen LogP contribution in [0.3, 0.4) is 0 Å². The van der Waals surface area contributed by atoms with Crippen molar-refractivity contribution in [3.63, 3.8) is 0 Å². The minimum atomic E-state index is -0.867. The number of rotatable bonds is 13. The molecule has 44 heavy (non-hydrogen) atoms. The second-order valence-corrected chi connectivity index (χ2v) is 14.3. The molecule has 3 fully saturated rings. The van der Waals surface area contributed by atoms with E-state index in [9.17, 15) is 19.5 Å². The Bertz CT molecular complexity index is 1390. The Morgan fingerprint density at radius 2 is 1.82 bits per heavy atom. The van der Waals surface area contributed by atoms with Gasteiger partial charge in [0.15, 0.2) is 0 Å². The number of halogens is 1. The van der Waals surface area contributed by atoms with Crippen molar-refractivity contribution in [2.24, 2.45) is 11.8 Å². The normalized spacial score (nSPS) is 27.5. The van der Waals surface area contributed by atoms with Gasteiger partial charge in [0.1, 0.15) is 11.8 Å². The summed E-state index contributed by atoms with van der Waals surface area (Å²) in [6, 6.07) is 15.6. The number of carbonyl (C=O) groups is 3. The number of hydrogen-bond acceptors (Lipinski definition) is 6. The summed E-state index contributed by atoms with van der Waals surface area (Å²) in [6.45, 7) is 10.4. The lowest BCUT2D eigenvalue weighted by atomic mass is 9.70. The molecule has 234 valence electrons. The second-order valence-electron chi connectivity index (χ2n) is 11.6. The monoisotopic (exact) mass is 681 g/mol. The Kier molecular flexibility index (Phi) is 9.92. The number of thioether (sulfide) groups is 1. The van der Waals surface area contributed by atoms with E-state index < -0.39 is 28.7 Å². The van der Waals surface area contributed by atoms with Crippen LogP contribution in [-0.2, 0) is 20.9 Å². The number of aliphatic hydroxyl groups excluding tert-OH is 1. The van der Waals surface area contributed by atoms with E-state index in [1.807, 2.05) is 49.4 Å². The first-order chi connectivity index (χ1) is 21.3. The number of aliphatic hydroxyl groups is 1. The lowest BCUT2D eigenvalue weighted by Gasteiger charge is -2.40. The van der Waals surface area contributed by atoms with Crippen molar-refractivity contribution in [3.8, 4) is 5.75 Å². The molecule has 3 unspecified atom stereocenters. The third-order valence-electron chi connectivity index (χ3n) is 9.16. The van der Waals surface area contributed by atoms with Gasteiger partial charge in [-0.25, -0.2) is 0 Å². The highest BCUT2D eigenvalue weighted by atomic mass is 79.9. The number of carbonyl (C=O) groups excluding carboxylic acids is 3. The Labute approximate surface area is 272 Å². The topological polar surface area (TPSA) is 90.4 Å². The molecular weight excluding hydrogens is 642 g/mol. The number of ether oxygens (including phenoxy) is 1. The van der Waals surface area contributed by atoms with Crippen molar-refractivity contribution in [2.45, 2.75) is 53.2 Å². The number of alkyl halides is 1. The molecular formula is C34H40BrN3O5S. The Balaban J connectivity index is 1.57. The average Bonchev–Trinajstić information content (AvgIpc) is 3.63. The molecule has 2 aromatic rings. The zero-order valence-corrected chi connectivity index (χ0v) is 27.6. The van der Waals surface area contributed by atoms with E-state index >= 15 is 0 Å². The molecule has 1 N–H and O–H groups in total. The van der Waals surface area contributed by atoms with Crippen molar-refractivity contribution in [1.82, 2.24) is 9.80 Å². The summed E-state index contributed by atoms with van der Waals surface area (Å²) in [5, 5.41) is 10.3. The summed E-state index contributed by atoms with van der Waals surface area (Å²) in [4.78, 5) is 48.8. The smallest absolute Gasteiger partial charge is 0.251 e. The van der Waals surface area contributed by atoms with E-state index in [1.54, 1.807) is 57.9 Å². The third-order valence-corrected chi connectivity index (χ3v) is 12.4. The molecule has 5 rings (SSSR count). The molecule has 2 aromatic carbocycles. The van der Waals surface area contributed by atoms with E-state index in [-0.39, 0.29) is 41.0 Å². The summed E-state index contributed by atoms with van der Waals surface area (Å²) in [5.74, 6) is -1.25. The van der Waals surface area contributed by atoms with E-state index in [0.29, 0.717) is 37.4 Å². The van der Waals surface area contributed by atoms with Crippen LogP contribution in [0.2, 0.25) is 0 Å². The lowest BCUT2D eigenvalue weighted by Crippen LogP contribution is -2.58. The number of fused-ring (bicyclic) bond motifs is 1. The van der Waals surface area contributed by atoms with Gasteiger partial charge in [0.2, 0.25) is 11.8 Å². The van der Waals surface area contributed by atoms with Crippen molar-refractivity contribution < 1.29 is 24.2 Å². The van der Waals surface area contributed by atoms with Gasteiger partial charge in [0.25, 0.3) is 5.91 Å². The van der Waals surface area contributed by atoms with Gasteiger partial charge in [-0.2, -0.15) is 0 Å². The average molecular weight is 683 g/mol. The van der Waals surface area contributed by atoms with E-state index in [1.165, 1.54) is 0 Å². The number of methoxy groups -OCH3 is 1. The van der Waals surface area contributed by atoms with Crippen LogP contribution in [0, 0.1) is 11.8 Å². The molecule has 10 heteroatoms.